The molecule has 0 saturated carbocycles. The van der Waals surface area contributed by atoms with Crippen LogP contribution in [0.3, 0.4) is 0 Å². The Morgan fingerprint density at radius 2 is 2.00 bits per heavy atom. The molecule has 1 aromatic heterocycles. The minimum Gasteiger partial charge on any atom is -0.497 e. The van der Waals surface area contributed by atoms with E-state index in [1.54, 1.807) is 13.2 Å². The predicted octanol–water partition coefficient (Wildman–Crippen LogP) is 4.65. The minimum atomic E-state index is -0.0695. The molecule has 122 valence electrons. The third-order valence-electron chi connectivity index (χ3n) is 3.32. The highest BCUT2D eigenvalue weighted by Crippen LogP contribution is 2.36. The highest BCUT2D eigenvalue weighted by Gasteiger charge is 2.10. The molecule has 3 aromatic rings. The van der Waals surface area contributed by atoms with E-state index in [1.807, 2.05) is 36.4 Å². The Bertz CT molecular complexity index is 920. The van der Waals surface area contributed by atoms with Gasteiger partial charge in [-0.2, -0.15) is 0 Å². The number of H-pyrrole nitrogens is 1. The molecule has 3 rings (SSSR count). The molecule has 0 fully saturated rings. The normalized spacial score (nSPS) is 11.1. The zero-order valence-corrected chi connectivity index (χ0v) is 14.4. The summed E-state index contributed by atoms with van der Waals surface area (Å²) in [4.78, 5) is 3.59. The van der Waals surface area contributed by atoms with Crippen LogP contribution in [-0.4, -0.2) is 22.3 Å². The number of nitrogens with zero attached hydrogens (tertiary/aromatic N) is 2. The van der Waals surface area contributed by atoms with E-state index in [-0.39, 0.29) is 11.0 Å². The fraction of sp³-hybridized carbons (Fsp3) is 0.0625. The Hall–Kier alpha value is -2.58. The fourth-order valence-corrected chi connectivity index (χ4v) is 2.53. The average Bonchev–Trinajstić information content (AvgIpc) is 2.88. The van der Waals surface area contributed by atoms with Gasteiger partial charge in [0.25, 0.3) is 0 Å². The molecule has 24 heavy (non-hydrogen) atoms. The second-order valence-electron chi connectivity index (χ2n) is 4.91. The first kappa shape index (κ1) is 16.3. The van der Waals surface area contributed by atoms with E-state index in [0.29, 0.717) is 5.69 Å². The fourth-order valence-electron chi connectivity index (χ4n) is 2.17. The summed E-state index contributed by atoms with van der Waals surface area (Å²) in [6, 6.07) is 12.7. The van der Waals surface area contributed by atoms with Crippen LogP contribution in [0.25, 0.3) is 10.9 Å². The van der Waals surface area contributed by atoms with Crippen LogP contribution < -0.4 is 10.1 Å². The third-order valence-corrected chi connectivity index (χ3v) is 3.78. The van der Waals surface area contributed by atoms with Gasteiger partial charge in [0.2, 0.25) is 11.0 Å². The van der Waals surface area contributed by atoms with Crippen LogP contribution in [0, 0.1) is 0 Å². The molecular weight excluding hydrogens is 344 g/mol. The molecule has 6 nitrogen and oxygen atoms in total. The first-order valence-corrected chi connectivity index (χ1v) is 7.83. The summed E-state index contributed by atoms with van der Waals surface area (Å²) in [6.07, 6.45) is 0. The molecule has 0 aliphatic rings. The van der Waals surface area contributed by atoms with Crippen LogP contribution in [0.4, 0.5) is 11.4 Å². The lowest BCUT2D eigenvalue weighted by atomic mass is 10.2. The molecule has 0 amide bonds. The van der Waals surface area contributed by atoms with Gasteiger partial charge in [-0.15, -0.1) is 22.9 Å². The maximum absolute atomic E-state index is 9.97. The Morgan fingerprint density at radius 1 is 1.25 bits per heavy atom. The molecule has 2 aromatic carbocycles. The standard InChI is InChI=1S/C16H14N4O2S2/c1-22-10-4-2-9(3-5-10)17-16(24)20-19-14-12-8-11(23)6-7-13(12)18-15(14)21/h2-8,18,21,23H,1H3,(H,17,24). The lowest BCUT2D eigenvalue weighted by molar-refractivity contribution is 0.415. The number of ether oxygens (including phenoxy) is 1. The van der Waals surface area contributed by atoms with E-state index in [2.05, 4.69) is 33.2 Å². The summed E-state index contributed by atoms with van der Waals surface area (Å²) in [6.45, 7) is 0. The zero-order chi connectivity index (χ0) is 17.1. The zero-order valence-electron chi connectivity index (χ0n) is 12.6. The van der Waals surface area contributed by atoms with E-state index in [0.717, 1.165) is 27.2 Å². The molecule has 1 heterocycles. The number of nitrogens with one attached hydrogen (secondary N) is 2. The van der Waals surface area contributed by atoms with E-state index in [4.69, 9.17) is 17.0 Å². The Kier molecular flexibility index (Phi) is 4.68. The van der Waals surface area contributed by atoms with Gasteiger partial charge in [-0.3, -0.25) is 0 Å². The molecule has 3 N–H and O–H groups in total. The molecule has 0 unspecified atom stereocenters. The van der Waals surface area contributed by atoms with E-state index in [9.17, 15) is 5.11 Å². The number of rotatable bonds is 3. The molecule has 0 saturated heterocycles. The third kappa shape index (κ3) is 3.50. The smallest absolute Gasteiger partial charge is 0.218 e. The van der Waals surface area contributed by atoms with Gasteiger partial charge in [0.05, 0.1) is 12.6 Å². The first-order valence-electron chi connectivity index (χ1n) is 6.97. The topological polar surface area (TPSA) is 82.0 Å². The van der Waals surface area contributed by atoms with Crippen LogP contribution in [-0.2, 0) is 0 Å². The lowest BCUT2D eigenvalue weighted by Gasteiger charge is -2.04. The van der Waals surface area contributed by atoms with Crippen LogP contribution in [0.2, 0.25) is 0 Å². The van der Waals surface area contributed by atoms with E-state index >= 15 is 0 Å². The largest absolute Gasteiger partial charge is 0.497 e. The van der Waals surface area contributed by atoms with Crippen LogP contribution in [0.1, 0.15) is 0 Å². The van der Waals surface area contributed by atoms with Crippen LogP contribution >= 0.6 is 24.8 Å². The van der Waals surface area contributed by atoms with Gasteiger partial charge in [0, 0.05) is 16.0 Å². The lowest BCUT2D eigenvalue weighted by Crippen LogP contribution is -2.04. The van der Waals surface area contributed by atoms with E-state index in [1.165, 1.54) is 0 Å². The van der Waals surface area contributed by atoms with Crippen molar-refractivity contribution >= 4 is 52.2 Å². The van der Waals surface area contributed by atoms with Crippen molar-refractivity contribution in [3.05, 3.63) is 42.5 Å². The van der Waals surface area contributed by atoms with Crippen LogP contribution in [0.5, 0.6) is 11.6 Å². The van der Waals surface area contributed by atoms with Crippen LogP contribution in [0.15, 0.2) is 57.6 Å². The predicted molar refractivity (Wildman–Crippen MR) is 101 cm³/mol. The number of azo groups is 1. The van der Waals surface area contributed by atoms with Crippen molar-refractivity contribution in [1.82, 2.24) is 4.98 Å². The van der Waals surface area contributed by atoms with Crippen molar-refractivity contribution in [3.63, 3.8) is 0 Å². The number of anilines is 1. The minimum absolute atomic E-state index is 0.0695. The molecule has 8 heteroatoms. The SMILES string of the molecule is COc1ccc(NC(=S)N=Nc2c(O)[nH]c3ccc(S)cc23)cc1. The number of thiol groups is 1. The number of aromatic hydroxyl groups is 1. The monoisotopic (exact) mass is 358 g/mol. The number of hydrogen-bond donors (Lipinski definition) is 4. The molecule has 0 spiro atoms. The van der Waals surface area contributed by atoms with Crippen molar-refractivity contribution in [2.24, 2.45) is 10.2 Å². The Labute approximate surface area is 149 Å². The highest BCUT2D eigenvalue weighted by atomic mass is 32.1. The second-order valence-corrected chi connectivity index (χ2v) is 5.81. The molecular formula is C16H14N4O2S2. The van der Waals surface area contributed by atoms with Gasteiger partial charge >= 0.3 is 0 Å². The van der Waals surface area contributed by atoms with Crippen molar-refractivity contribution in [2.75, 3.05) is 12.4 Å². The van der Waals surface area contributed by atoms with Crippen molar-refractivity contribution in [1.29, 1.82) is 0 Å². The average molecular weight is 358 g/mol. The summed E-state index contributed by atoms with van der Waals surface area (Å²) in [5.41, 5.74) is 1.83. The number of fused-ring (bicyclic) bond motifs is 1. The highest BCUT2D eigenvalue weighted by molar-refractivity contribution is 7.80. The van der Waals surface area contributed by atoms with Gasteiger partial charge in [-0.05, 0) is 54.7 Å². The molecule has 0 bridgehead atoms. The van der Waals surface area contributed by atoms with Crippen molar-refractivity contribution < 1.29 is 9.84 Å². The van der Waals surface area contributed by atoms with Gasteiger partial charge < -0.3 is 20.1 Å². The maximum Gasteiger partial charge on any atom is 0.218 e. The quantitative estimate of drug-likeness (QED) is 0.312. The van der Waals surface area contributed by atoms with Gasteiger partial charge in [0.1, 0.15) is 5.75 Å². The van der Waals surface area contributed by atoms with Crippen molar-refractivity contribution in [2.45, 2.75) is 4.90 Å². The molecule has 0 radical (unpaired) electrons. The number of aromatic nitrogens is 1. The number of hydrogen-bond acceptors (Lipinski definition) is 5. The van der Waals surface area contributed by atoms with Gasteiger partial charge in [0.15, 0.2) is 5.69 Å². The number of thiocarbonyl (C=S) groups is 1. The molecule has 0 aliphatic carbocycles. The second kappa shape index (κ2) is 6.90. The number of aromatic amines is 1. The summed E-state index contributed by atoms with van der Waals surface area (Å²) in [5, 5.41) is 21.8. The molecule has 0 aliphatic heterocycles. The van der Waals surface area contributed by atoms with Gasteiger partial charge in [-0.25, -0.2) is 0 Å². The summed E-state index contributed by atoms with van der Waals surface area (Å²) >= 11 is 9.44. The summed E-state index contributed by atoms with van der Waals surface area (Å²) in [7, 11) is 1.60. The number of methoxy groups -OCH3 is 1. The maximum atomic E-state index is 9.97. The summed E-state index contributed by atoms with van der Waals surface area (Å²) in [5.74, 6) is 0.680. The number of benzene rings is 2. The van der Waals surface area contributed by atoms with E-state index < -0.39 is 0 Å². The Balaban J connectivity index is 1.78. The molecule has 0 atom stereocenters. The van der Waals surface area contributed by atoms with Gasteiger partial charge in [-0.1, -0.05) is 0 Å². The first-order chi connectivity index (χ1) is 11.6. The Morgan fingerprint density at radius 3 is 2.71 bits per heavy atom. The summed E-state index contributed by atoms with van der Waals surface area (Å²) < 4.78 is 5.09. The van der Waals surface area contributed by atoms with Crippen molar-refractivity contribution in [3.8, 4) is 11.6 Å².